The number of fused-ring (bicyclic) bond motifs is 1. The molecule has 1 aliphatic rings. The van der Waals surface area contributed by atoms with E-state index in [9.17, 15) is 4.79 Å². The van der Waals surface area contributed by atoms with Gasteiger partial charge in [0, 0.05) is 30.9 Å². The molecule has 0 saturated carbocycles. The van der Waals surface area contributed by atoms with Crippen molar-refractivity contribution in [1.29, 1.82) is 0 Å². The first-order valence-electron chi connectivity index (χ1n) is 6.72. The van der Waals surface area contributed by atoms with E-state index in [0.717, 1.165) is 11.4 Å². The number of likely N-dealkylation sites (tertiary alicyclic amines) is 1. The van der Waals surface area contributed by atoms with Gasteiger partial charge in [-0.1, -0.05) is 5.16 Å². The maximum absolute atomic E-state index is 12.5. The first-order chi connectivity index (χ1) is 10.2. The van der Waals surface area contributed by atoms with Crippen LogP contribution in [0.5, 0.6) is 0 Å². The molecule has 8 heteroatoms. The number of hydrogen-bond acceptors (Lipinski definition) is 6. The molecule has 0 spiro atoms. The summed E-state index contributed by atoms with van der Waals surface area (Å²) < 4.78 is 7.07. The van der Waals surface area contributed by atoms with Gasteiger partial charge in [-0.15, -0.1) is 11.3 Å². The van der Waals surface area contributed by atoms with Crippen LogP contribution in [0.4, 0.5) is 0 Å². The number of nitrogens with zero attached hydrogens (tertiary/aromatic N) is 5. The Bertz CT molecular complexity index is 776. The van der Waals surface area contributed by atoms with E-state index in [2.05, 4.69) is 15.1 Å². The summed E-state index contributed by atoms with van der Waals surface area (Å²) in [6.07, 6.45) is 4.52. The zero-order valence-corrected chi connectivity index (χ0v) is 12.2. The topological polar surface area (TPSA) is 76.5 Å². The molecule has 1 aliphatic heterocycles. The Morgan fingerprint density at radius 3 is 3.14 bits per heavy atom. The Labute approximate surface area is 124 Å². The number of aromatic nitrogens is 4. The van der Waals surface area contributed by atoms with Crippen molar-refractivity contribution in [2.45, 2.75) is 19.3 Å². The smallest absolute Gasteiger partial charge is 0.274 e. The monoisotopic (exact) mass is 303 g/mol. The van der Waals surface area contributed by atoms with Crippen molar-refractivity contribution in [2.24, 2.45) is 0 Å². The lowest BCUT2D eigenvalue weighted by Crippen LogP contribution is -2.28. The standard InChI is InChI=1S/C13H13N5O2S/c1-8-14-11(20-16-8)9-2-3-17(6-9)12(19)10-7-18-4-5-21-13(18)15-10/h4-5,7,9H,2-3,6H2,1H3/t9-/m1/s1. The number of thiazole rings is 1. The quantitative estimate of drug-likeness (QED) is 0.720. The average Bonchev–Trinajstić information content (AvgIpc) is 3.20. The van der Waals surface area contributed by atoms with Crippen molar-refractivity contribution >= 4 is 22.2 Å². The molecule has 3 aromatic heterocycles. The van der Waals surface area contributed by atoms with E-state index >= 15 is 0 Å². The lowest BCUT2D eigenvalue weighted by Gasteiger charge is -2.13. The summed E-state index contributed by atoms with van der Waals surface area (Å²) in [5, 5.41) is 5.75. The molecule has 0 aromatic carbocycles. The lowest BCUT2D eigenvalue weighted by atomic mass is 10.1. The summed E-state index contributed by atoms with van der Waals surface area (Å²) in [5.41, 5.74) is 0.490. The van der Waals surface area contributed by atoms with Crippen molar-refractivity contribution in [3.8, 4) is 0 Å². The fourth-order valence-corrected chi connectivity index (χ4v) is 3.32. The summed E-state index contributed by atoms with van der Waals surface area (Å²) in [6.45, 7) is 3.09. The van der Waals surface area contributed by atoms with Crippen molar-refractivity contribution in [3.05, 3.63) is 35.2 Å². The third-order valence-electron chi connectivity index (χ3n) is 3.68. The Kier molecular flexibility index (Phi) is 2.78. The van der Waals surface area contributed by atoms with Crippen molar-refractivity contribution in [3.63, 3.8) is 0 Å². The molecule has 0 unspecified atom stereocenters. The zero-order valence-electron chi connectivity index (χ0n) is 11.4. The number of imidazole rings is 1. The normalized spacial score (nSPS) is 18.7. The van der Waals surface area contributed by atoms with Crippen LogP contribution in [0.25, 0.3) is 4.96 Å². The van der Waals surface area contributed by atoms with E-state index in [1.807, 2.05) is 16.0 Å². The Morgan fingerprint density at radius 2 is 2.38 bits per heavy atom. The maximum Gasteiger partial charge on any atom is 0.274 e. The number of carbonyl (C=O) groups excluding carboxylic acids is 1. The Hall–Kier alpha value is -2.22. The minimum atomic E-state index is -0.0374. The van der Waals surface area contributed by atoms with Gasteiger partial charge in [-0.2, -0.15) is 4.98 Å². The van der Waals surface area contributed by atoms with Gasteiger partial charge in [0.15, 0.2) is 10.8 Å². The maximum atomic E-state index is 12.5. The van der Waals surface area contributed by atoms with Crippen LogP contribution in [0.1, 0.15) is 34.5 Å². The molecule has 0 radical (unpaired) electrons. The van der Waals surface area contributed by atoms with E-state index in [0.29, 0.717) is 30.5 Å². The van der Waals surface area contributed by atoms with E-state index in [4.69, 9.17) is 4.52 Å². The molecule has 7 nitrogen and oxygen atoms in total. The van der Waals surface area contributed by atoms with E-state index in [-0.39, 0.29) is 11.8 Å². The molecule has 4 heterocycles. The van der Waals surface area contributed by atoms with Crippen LogP contribution in [0.15, 0.2) is 22.3 Å². The van der Waals surface area contributed by atoms with Gasteiger partial charge in [0.25, 0.3) is 5.91 Å². The Morgan fingerprint density at radius 1 is 1.48 bits per heavy atom. The van der Waals surface area contributed by atoms with Crippen LogP contribution in [0.3, 0.4) is 0 Å². The van der Waals surface area contributed by atoms with Crippen LogP contribution in [-0.2, 0) is 0 Å². The minimum absolute atomic E-state index is 0.0374. The molecule has 0 aliphatic carbocycles. The first-order valence-corrected chi connectivity index (χ1v) is 7.60. The van der Waals surface area contributed by atoms with Gasteiger partial charge in [0.1, 0.15) is 5.69 Å². The van der Waals surface area contributed by atoms with Crippen LogP contribution in [0.2, 0.25) is 0 Å². The second-order valence-electron chi connectivity index (χ2n) is 5.14. The number of hydrogen-bond donors (Lipinski definition) is 0. The summed E-state index contributed by atoms with van der Waals surface area (Å²) in [5.74, 6) is 1.33. The van der Waals surface area contributed by atoms with Gasteiger partial charge in [0.2, 0.25) is 5.89 Å². The molecular formula is C13H13N5O2S. The molecule has 1 atom stereocenters. The summed E-state index contributed by atoms with van der Waals surface area (Å²) in [6, 6.07) is 0. The highest BCUT2D eigenvalue weighted by atomic mass is 32.1. The first kappa shape index (κ1) is 12.5. The fourth-order valence-electron chi connectivity index (χ4n) is 2.62. The second-order valence-corrected chi connectivity index (χ2v) is 6.01. The third-order valence-corrected chi connectivity index (χ3v) is 4.45. The highest BCUT2D eigenvalue weighted by molar-refractivity contribution is 7.15. The largest absolute Gasteiger partial charge is 0.339 e. The lowest BCUT2D eigenvalue weighted by molar-refractivity contribution is 0.0784. The van der Waals surface area contributed by atoms with Gasteiger partial charge in [-0.3, -0.25) is 9.20 Å². The third kappa shape index (κ3) is 2.11. The van der Waals surface area contributed by atoms with Gasteiger partial charge in [-0.25, -0.2) is 4.98 Å². The Balaban J connectivity index is 1.52. The van der Waals surface area contributed by atoms with Gasteiger partial charge < -0.3 is 9.42 Å². The van der Waals surface area contributed by atoms with Crippen molar-refractivity contribution < 1.29 is 9.32 Å². The molecule has 1 fully saturated rings. The zero-order chi connectivity index (χ0) is 14.4. The van der Waals surface area contributed by atoms with Crippen LogP contribution in [0, 0.1) is 6.92 Å². The predicted molar refractivity (Wildman–Crippen MR) is 75.4 cm³/mol. The minimum Gasteiger partial charge on any atom is -0.339 e. The number of rotatable bonds is 2. The van der Waals surface area contributed by atoms with Crippen molar-refractivity contribution in [1.82, 2.24) is 24.4 Å². The van der Waals surface area contributed by atoms with Gasteiger partial charge in [-0.05, 0) is 13.3 Å². The van der Waals surface area contributed by atoms with Gasteiger partial charge in [0.05, 0.1) is 5.92 Å². The van der Waals surface area contributed by atoms with Crippen LogP contribution in [-0.4, -0.2) is 43.4 Å². The molecule has 1 saturated heterocycles. The molecular weight excluding hydrogens is 290 g/mol. The SMILES string of the molecule is Cc1noc([C@@H]2CCN(C(=O)c3cn4ccsc4n3)C2)n1. The van der Waals surface area contributed by atoms with E-state index in [1.54, 1.807) is 18.0 Å². The number of carbonyl (C=O) groups is 1. The molecule has 0 N–H and O–H groups in total. The highest BCUT2D eigenvalue weighted by Crippen LogP contribution is 2.27. The van der Waals surface area contributed by atoms with Crippen LogP contribution < -0.4 is 0 Å². The molecule has 3 aromatic rings. The van der Waals surface area contributed by atoms with E-state index in [1.165, 1.54) is 11.3 Å². The highest BCUT2D eigenvalue weighted by Gasteiger charge is 2.32. The predicted octanol–water partition coefficient (Wildman–Crippen LogP) is 1.72. The molecule has 1 amide bonds. The fraction of sp³-hybridized carbons (Fsp3) is 0.385. The average molecular weight is 303 g/mol. The van der Waals surface area contributed by atoms with Crippen LogP contribution >= 0.6 is 11.3 Å². The van der Waals surface area contributed by atoms with E-state index < -0.39 is 0 Å². The molecule has 108 valence electrons. The summed E-state index contributed by atoms with van der Waals surface area (Å²) >= 11 is 1.52. The molecule has 4 rings (SSSR count). The molecule has 0 bridgehead atoms. The van der Waals surface area contributed by atoms with Crippen molar-refractivity contribution in [2.75, 3.05) is 13.1 Å². The second kappa shape index (κ2) is 4.66. The number of amides is 1. The summed E-state index contributed by atoms with van der Waals surface area (Å²) in [4.78, 5) is 23.7. The number of aryl methyl sites for hydroxylation is 1. The summed E-state index contributed by atoms with van der Waals surface area (Å²) in [7, 11) is 0. The molecule has 21 heavy (non-hydrogen) atoms. The van der Waals surface area contributed by atoms with Gasteiger partial charge >= 0.3 is 0 Å².